The van der Waals surface area contributed by atoms with Gasteiger partial charge in [0.2, 0.25) is 0 Å². The van der Waals surface area contributed by atoms with Crippen LogP contribution in [0.2, 0.25) is 0 Å². The maximum atomic E-state index is 6.68. The number of hydrogen-bond donors (Lipinski definition) is 0. The Labute approximate surface area is 290 Å². The Balaban J connectivity index is 1.19. The Bertz CT molecular complexity index is 3130. The van der Waals surface area contributed by atoms with Crippen molar-refractivity contribution in [3.8, 4) is 11.1 Å². The van der Waals surface area contributed by atoms with Crippen LogP contribution in [0.25, 0.3) is 85.9 Å². The molecule has 0 radical (unpaired) electrons. The van der Waals surface area contributed by atoms with Crippen LogP contribution in [0.3, 0.4) is 0 Å². The number of anilines is 3. The number of fused-ring (bicyclic) bond motifs is 11. The highest BCUT2D eigenvalue weighted by Gasteiger charge is 2.22. The van der Waals surface area contributed by atoms with E-state index in [4.69, 9.17) is 8.83 Å². The van der Waals surface area contributed by atoms with Gasteiger partial charge in [0.15, 0.2) is 0 Å². The Kier molecular flexibility index (Phi) is 5.83. The first kappa shape index (κ1) is 27.6. The molecule has 0 aliphatic rings. The standard InChI is InChI=1S/C46H27NO2S/c1-2-13-33-28(10-1)22-24-36-45-38(17-9-19-41(45)49-46(33)36)47(31-23-25-40-37(27-31)34-14-3-5-18-39(34)48-40)30-12-7-11-29(26-30)32-16-8-21-43-44(32)35-15-4-6-20-42(35)50-43/h1-27H. The van der Waals surface area contributed by atoms with Gasteiger partial charge in [0.1, 0.15) is 22.3 Å². The van der Waals surface area contributed by atoms with Gasteiger partial charge < -0.3 is 13.7 Å². The molecule has 0 spiro atoms. The molecule has 0 N–H and O–H groups in total. The second-order valence-corrected chi connectivity index (χ2v) is 13.9. The van der Waals surface area contributed by atoms with Crippen LogP contribution < -0.4 is 4.90 Å². The molecule has 50 heavy (non-hydrogen) atoms. The van der Waals surface area contributed by atoms with Gasteiger partial charge >= 0.3 is 0 Å². The zero-order valence-electron chi connectivity index (χ0n) is 26.8. The molecule has 0 aliphatic carbocycles. The maximum Gasteiger partial charge on any atom is 0.143 e. The van der Waals surface area contributed by atoms with E-state index in [2.05, 4.69) is 157 Å². The third kappa shape index (κ3) is 4.03. The van der Waals surface area contributed by atoms with Crippen LogP contribution in [0.5, 0.6) is 0 Å². The van der Waals surface area contributed by atoms with Gasteiger partial charge in [0.05, 0.1) is 11.1 Å². The smallest absolute Gasteiger partial charge is 0.143 e. The summed E-state index contributed by atoms with van der Waals surface area (Å²) in [6.07, 6.45) is 0. The van der Waals surface area contributed by atoms with E-state index in [1.165, 1.54) is 31.3 Å². The molecule has 0 bridgehead atoms. The Morgan fingerprint density at radius 2 is 1.16 bits per heavy atom. The largest absolute Gasteiger partial charge is 0.456 e. The number of furan rings is 2. The average Bonchev–Trinajstić information content (AvgIpc) is 3.87. The Morgan fingerprint density at radius 3 is 2.12 bits per heavy atom. The van der Waals surface area contributed by atoms with Crippen molar-refractivity contribution in [1.29, 1.82) is 0 Å². The van der Waals surface area contributed by atoms with Gasteiger partial charge in [0.25, 0.3) is 0 Å². The minimum absolute atomic E-state index is 0.861. The van der Waals surface area contributed by atoms with E-state index in [0.29, 0.717) is 0 Å². The molecule has 0 amide bonds. The molecule has 3 heterocycles. The predicted octanol–water partition coefficient (Wildman–Crippen LogP) is 14.1. The van der Waals surface area contributed by atoms with Crippen molar-refractivity contribution in [3.05, 3.63) is 164 Å². The highest BCUT2D eigenvalue weighted by atomic mass is 32.1. The van der Waals surface area contributed by atoms with E-state index >= 15 is 0 Å². The first-order chi connectivity index (χ1) is 24.8. The molecule has 11 aromatic rings. The molecular formula is C46H27NO2S. The molecule has 0 fully saturated rings. The minimum Gasteiger partial charge on any atom is -0.456 e. The molecule has 0 unspecified atom stereocenters. The number of rotatable bonds is 4. The van der Waals surface area contributed by atoms with E-state index in [1.54, 1.807) is 0 Å². The first-order valence-electron chi connectivity index (χ1n) is 16.8. The molecule has 3 nitrogen and oxygen atoms in total. The van der Waals surface area contributed by atoms with Crippen LogP contribution in [-0.2, 0) is 0 Å². The van der Waals surface area contributed by atoms with Gasteiger partial charge in [-0.15, -0.1) is 11.3 Å². The number of nitrogens with zero attached hydrogens (tertiary/aromatic N) is 1. The fourth-order valence-corrected chi connectivity index (χ4v) is 8.96. The van der Waals surface area contributed by atoms with Crippen molar-refractivity contribution < 1.29 is 8.83 Å². The highest BCUT2D eigenvalue weighted by molar-refractivity contribution is 7.25. The summed E-state index contributed by atoms with van der Waals surface area (Å²) in [6.45, 7) is 0. The fourth-order valence-electron chi connectivity index (χ4n) is 7.83. The van der Waals surface area contributed by atoms with Crippen molar-refractivity contribution in [2.24, 2.45) is 0 Å². The summed E-state index contributed by atoms with van der Waals surface area (Å²) in [5.41, 5.74) is 9.10. The Morgan fingerprint density at radius 1 is 0.420 bits per heavy atom. The second kappa shape index (κ2) is 10.6. The number of thiophene rings is 1. The summed E-state index contributed by atoms with van der Waals surface area (Å²) in [6, 6.07) is 58.4. The zero-order valence-corrected chi connectivity index (χ0v) is 27.6. The van der Waals surface area contributed by atoms with E-state index in [0.717, 1.165) is 71.7 Å². The third-order valence-corrected chi connectivity index (χ3v) is 11.2. The topological polar surface area (TPSA) is 29.5 Å². The molecule has 0 aliphatic heterocycles. The quantitative estimate of drug-likeness (QED) is 0.189. The lowest BCUT2D eigenvalue weighted by Crippen LogP contribution is -2.10. The molecule has 0 saturated heterocycles. The van der Waals surface area contributed by atoms with Crippen LogP contribution in [0.1, 0.15) is 0 Å². The van der Waals surface area contributed by atoms with Crippen LogP contribution in [0.15, 0.2) is 173 Å². The lowest BCUT2D eigenvalue weighted by Gasteiger charge is -2.27. The highest BCUT2D eigenvalue weighted by Crippen LogP contribution is 2.47. The van der Waals surface area contributed by atoms with Gasteiger partial charge in [-0.1, -0.05) is 97.1 Å². The maximum absolute atomic E-state index is 6.68. The third-order valence-electron chi connectivity index (χ3n) is 10.0. The normalized spacial score (nSPS) is 12.0. The van der Waals surface area contributed by atoms with Crippen molar-refractivity contribution in [3.63, 3.8) is 0 Å². The summed E-state index contributed by atoms with van der Waals surface area (Å²) in [5.74, 6) is 0. The minimum atomic E-state index is 0.861. The van der Waals surface area contributed by atoms with Gasteiger partial charge in [-0.05, 0) is 83.2 Å². The monoisotopic (exact) mass is 657 g/mol. The molecule has 4 heteroatoms. The van der Waals surface area contributed by atoms with Gasteiger partial charge in [-0.25, -0.2) is 0 Å². The van der Waals surface area contributed by atoms with Crippen LogP contribution in [0.4, 0.5) is 17.1 Å². The molecule has 8 aromatic carbocycles. The second-order valence-electron chi connectivity index (χ2n) is 12.9. The van der Waals surface area contributed by atoms with Crippen LogP contribution in [-0.4, -0.2) is 0 Å². The van der Waals surface area contributed by atoms with E-state index in [9.17, 15) is 0 Å². The van der Waals surface area contributed by atoms with E-state index < -0.39 is 0 Å². The van der Waals surface area contributed by atoms with Crippen LogP contribution >= 0.6 is 11.3 Å². The van der Waals surface area contributed by atoms with Gasteiger partial charge in [-0.2, -0.15) is 0 Å². The number of benzene rings is 8. The van der Waals surface area contributed by atoms with Gasteiger partial charge in [-0.3, -0.25) is 0 Å². The van der Waals surface area contributed by atoms with Gasteiger partial charge in [0, 0.05) is 53.1 Å². The number of para-hydroxylation sites is 1. The van der Waals surface area contributed by atoms with Crippen molar-refractivity contribution in [1.82, 2.24) is 0 Å². The molecule has 234 valence electrons. The summed E-state index contributed by atoms with van der Waals surface area (Å²) < 4.78 is 15.5. The van der Waals surface area contributed by atoms with Crippen molar-refractivity contribution in [2.45, 2.75) is 0 Å². The van der Waals surface area contributed by atoms with Crippen molar-refractivity contribution in [2.75, 3.05) is 4.90 Å². The molecule has 0 atom stereocenters. The SMILES string of the molecule is c1cc(-c2cccc3sc4ccccc4c23)cc(N(c2ccc3oc4ccccc4c3c2)c2cccc3oc4c5ccccc5ccc4c23)c1. The predicted molar refractivity (Wildman–Crippen MR) is 212 cm³/mol. The summed E-state index contributed by atoms with van der Waals surface area (Å²) in [5, 5.41) is 9.25. The average molecular weight is 658 g/mol. The lowest BCUT2D eigenvalue weighted by atomic mass is 9.98. The summed E-state index contributed by atoms with van der Waals surface area (Å²) >= 11 is 1.85. The van der Waals surface area contributed by atoms with E-state index in [1.807, 2.05) is 23.5 Å². The number of hydrogen-bond acceptors (Lipinski definition) is 4. The molecule has 3 aromatic heterocycles. The molecule has 0 saturated carbocycles. The van der Waals surface area contributed by atoms with Crippen molar-refractivity contribution >= 4 is 103 Å². The first-order valence-corrected chi connectivity index (χ1v) is 17.7. The fraction of sp³-hybridized carbons (Fsp3) is 0. The lowest BCUT2D eigenvalue weighted by molar-refractivity contribution is 0.669. The summed E-state index contributed by atoms with van der Waals surface area (Å²) in [4.78, 5) is 2.38. The van der Waals surface area contributed by atoms with E-state index in [-0.39, 0.29) is 0 Å². The molecular weight excluding hydrogens is 631 g/mol. The van der Waals surface area contributed by atoms with Crippen LogP contribution in [0, 0.1) is 0 Å². The molecule has 11 rings (SSSR count). The summed E-state index contributed by atoms with van der Waals surface area (Å²) in [7, 11) is 0. The zero-order chi connectivity index (χ0) is 32.8. The Hall–Kier alpha value is -6.36.